The number of ether oxygens (including phenoxy) is 1. The molecule has 1 aliphatic heterocycles. The lowest BCUT2D eigenvalue weighted by atomic mass is 10.2. The summed E-state index contributed by atoms with van der Waals surface area (Å²) >= 11 is 0. The molecule has 1 rings (SSSR count). The first-order valence-electron chi connectivity index (χ1n) is 6.90. The second kappa shape index (κ2) is 7.07. The molecule has 1 aliphatic rings. The Morgan fingerprint density at radius 1 is 1.32 bits per heavy atom. The number of nitrogens with zero attached hydrogens (tertiary/aromatic N) is 2. The van der Waals surface area contributed by atoms with E-state index in [0.29, 0.717) is 26.1 Å². The molecule has 0 spiro atoms. The lowest BCUT2D eigenvalue weighted by molar-refractivity contribution is 0.0133. The molecule has 19 heavy (non-hydrogen) atoms. The minimum absolute atomic E-state index is 0.242. The molecule has 0 aromatic carbocycles. The van der Waals surface area contributed by atoms with Crippen LogP contribution in [-0.4, -0.2) is 72.0 Å². The zero-order valence-electron chi connectivity index (χ0n) is 12.3. The molecular weight excluding hydrogens is 246 g/mol. The van der Waals surface area contributed by atoms with Gasteiger partial charge in [-0.05, 0) is 27.2 Å². The Bertz CT molecular complexity index is 283. The van der Waals surface area contributed by atoms with Gasteiger partial charge in [-0.25, -0.2) is 4.79 Å². The molecule has 1 heterocycles. The Morgan fingerprint density at radius 2 is 1.89 bits per heavy atom. The van der Waals surface area contributed by atoms with Crippen LogP contribution in [0.4, 0.5) is 4.79 Å². The van der Waals surface area contributed by atoms with Gasteiger partial charge in [-0.3, -0.25) is 4.90 Å². The summed E-state index contributed by atoms with van der Waals surface area (Å²) in [6.45, 7) is 9.72. The highest BCUT2D eigenvalue weighted by atomic mass is 16.6. The predicted octanol–water partition coefficient (Wildman–Crippen LogP) is 0.249. The van der Waals surface area contributed by atoms with Gasteiger partial charge in [0.05, 0.1) is 6.10 Å². The van der Waals surface area contributed by atoms with Crippen LogP contribution < -0.4 is 5.73 Å². The highest BCUT2D eigenvalue weighted by Crippen LogP contribution is 2.12. The third-order valence-corrected chi connectivity index (χ3v) is 3.07. The second-order valence-corrected chi connectivity index (χ2v) is 5.99. The van der Waals surface area contributed by atoms with Gasteiger partial charge in [-0.2, -0.15) is 0 Å². The summed E-state index contributed by atoms with van der Waals surface area (Å²) in [7, 11) is 0. The van der Waals surface area contributed by atoms with Gasteiger partial charge in [0.25, 0.3) is 0 Å². The van der Waals surface area contributed by atoms with Crippen molar-refractivity contribution in [3.8, 4) is 0 Å². The normalized spacial score (nSPS) is 19.3. The maximum absolute atomic E-state index is 11.9. The quantitative estimate of drug-likeness (QED) is 0.767. The van der Waals surface area contributed by atoms with Crippen molar-refractivity contribution in [3.05, 3.63) is 0 Å². The summed E-state index contributed by atoms with van der Waals surface area (Å²) < 4.78 is 5.34. The van der Waals surface area contributed by atoms with E-state index in [-0.39, 0.29) is 6.09 Å². The number of aliphatic hydroxyl groups is 1. The van der Waals surface area contributed by atoms with Crippen LogP contribution in [-0.2, 0) is 4.74 Å². The van der Waals surface area contributed by atoms with Gasteiger partial charge in [0.1, 0.15) is 5.60 Å². The van der Waals surface area contributed by atoms with Crippen LogP contribution in [0.15, 0.2) is 0 Å². The van der Waals surface area contributed by atoms with Gasteiger partial charge in [-0.15, -0.1) is 0 Å². The largest absolute Gasteiger partial charge is 0.444 e. The molecule has 6 nitrogen and oxygen atoms in total. The number of carbonyl (C=O) groups excluding carboxylic acids is 1. The van der Waals surface area contributed by atoms with Crippen molar-refractivity contribution in [1.82, 2.24) is 9.80 Å². The average molecular weight is 273 g/mol. The van der Waals surface area contributed by atoms with Crippen LogP contribution in [0.1, 0.15) is 27.2 Å². The number of aliphatic hydroxyl groups excluding tert-OH is 1. The molecule has 1 fully saturated rings. The highest BCUT2D eigenvalue weighted by Gasteiger charge is 2.25. The fraction of sp³-hybridized carbons (Fsp3) is 0.923. The molecule has 6 heteroatoms. The van der Waals surface area contributed by atoms with Crippen molar-refractivity contribution in [3.63, 3.8) is 0 Å². The number of hydrogen-bond donors (Lipinski definition) is 2. The first-order chi connectivity index (χ1) is 8.81. The average Bonchev–Trinajstić information content (AvgIpc) is 2.34. The van der Waals surface area contributed by atoms with E-state index < -0.39 is 11.7 Å². The number of hydrogen-bond acceptors (Lipinski definition) is 5. The van der Waals surface area contributed by atoms with Crippen LogP contribution in [0.3, 0.4) is 0 Å². The second-order valence-electron chi connectivity index (χ2n) is 5.99. The SMILES string of the molecule is CC(C)(C)OC(=O)N1CCN(CC[C@H](O)CN)CC1. The molecule has 0 saturated carbocycles. The Hall–Kier alpha value is -0.850. The fourth-order valence-corrected chi connectivity index (χ4v) is 1.93. The predicted molar refractivity (Wildman–Crippen MR) is 73.9 cm³/mol. The summed E-state index contributed by atoms with van der Waals surface area (Å²) in [6, 6.07) is 0. The highest BCUT2D eigenvalue weighted by molar-refractivity contribution is 5.68. The monoisotopic (exact) mass is 273 g/mol. The van der Waals surface area contributed by atoms with Crippen LogP contribution in [0.2, 0.25) is 0 Å². The molecule has 0 aromatic heterocycles. The third kappa shape index (κ3) is 6.22. The van der Waals surface area contributed by atoms with E-state index in [1.807, 2.05) is 20.8 Å². The first-order valence-corrected chi connectivity index (χ1v) is 6.90. The molecule has 0 radical (unpaired) electrons. The van der Waals surface area contributed by atoms with E-state index >= 15 is 0 Å². The maximum Gasteiger partial charge on any atom is 0.410 e. The molecule has 112 valence electrons. The number of amides is 1. The molecular formula is C13H27N3O3. The Kier molecular flexibility index (Phi) is 6.03. The maximum atomic E-state index is 11.9. The molecule has 0 unspecified atom stereocenters. The minimum Gasteiger partial charge on any atom is -0.444 e. The standard InChI is InChI=1S/C13H27N3O3/c1-13(2,3)19-12(18)16-8-6-15(7-9-16)5-4-11(17)10-14/h11,17H,4-10,14H2,1-3H3/t11-/m0/s1. The Morgan fingerprint density at radius 3 is 2.37 bits per heavy atom. The van der Waals surface area contributed by atoms with Crippen LogP contribution in [0, 0.1) is 0 Å². The smallest absolute Gasteiger partial charge is 0.410 e. The van der Waals surface area contributed by atoms with Gasteiger partial charge >= 0.3 is 6.09 Å². The van der Waals surface area contributed by atoms with Crippen LogP contribution >= 0.6 is 0 Å². The van der Waals surface area contributed by atoms with E-state index in [1.165, 1.54) is 0 Å². The molecule has 0 aliphatic carbocycles. The Balaban J connectivity index is 2.27. The summed E-state index contributed by atoms with van der Waals surface area (Å²) in [5.41, 5.74) is 4.93. The van der Waals surface area contributed by atoms with E-state index in [1.54, 1.807) is 4.90 Å². The molecule has 0 aromatic rings. The van der Waals surface area contributed by atoms with Crippen molar-refractivity contribution in [2.24, 2.45) is 5.73 Å². The molecule has 3 N–H and O–H groups in total. The zero-order valence-corrected chi connectivity index (χ0v) is 12.3. The number of piperazine rings is 1. The number of nitrogens with two attached hydrogens (primary N) is 1. The van der Waals surface area contributed by atoms with Gasteiger partial charge in [0.15, 0.2) is 0 Å². The van der Waals surface area contributed by atoms with Crippen LogP contribution in [0.25, 0.3) is 0 Å². The summed E-state index contributed by atoms with van der Waals surface area (Å²) in [5.74, 6) is 0. The zero-order chi connectivity index (χ0) is 14.5. The lowest BCUT2D eigenvalue weighted by Crippen LogP contribution is -2.50. The van der Waals surface area contributed by atoms with Gasteiger partial charge < -0.3 is 20.5 Å². The van der Waals surface area contributed by atoms with Crippen LogP contribution in [0.5, 0.6) is 0 Å². The molecule has 1 saturated heterocycles. The van der Waals surface area contributed by atoms with Crippen molar-refractivity contribution >= 4 is 6.09 Å². The summed E-state index contributed by atoms with van der Waals surface area (Å²) in [5, 5.41) is 9.42. The van der Waals surface area contributed by atoms with E-state index in [0.717, 1.165) is 19.6 Å². The minimum atomic E-state index is -0.445. The first kappa shape index (κ1) is 16.2. The summed E-state index contributed by atoms with van der Waals surface area (Å²) in [4.78, 5) is 15.8. The van der Waals surface area contributed by atoms with Gasteiger partial charge in [0.2, 0.25) is 0 Å². The van der Waals surface area contributed by atoms with Gasteiger partial charge in [0, 0.05) is 39.3 Å². The van der Waals surface area contributed by atoms with Crippen molar-refractivity contribution in [2.45, 2.75) is 38.9 Å². The van der Waals surface area contributed by atoms with Crippen molar-refractivity contribution < 1.29 is 14.6 Å². The summed E-state index contributed by atoms with van der Waals surface area (Å²) in [6.07, 6.45) is 0.0150. The van der Waals surface area contributed by atoms with Crippen molar-refractivity contribution in [1.29, 1.82) is 0 Å². The number of carbonyl (C=O) groups is 1. The molecule has 1 amide bonds. The third-order valence-electron chi connectivity index (χ3n) is 3.07. The fourth-order valence-electron chi connectivity index (χ4n) is 1.93. The van der Waals surface area contributed by atoms with E-state index in [9.17, 15) is 9.90 Å². The molecule has 1 atom stereocenters. The molecule has 0 bridgehead atoms. The number of rotatable bonds is 4. The Labute approximate surface area is 115 Å². The van der Waals surface area contributed by atoms with Gasteiger partial charge in [-0.1, -0.05) is 0 Å². The van der Waals surface area contributed by atoms with E-state index in [4.69, 9.17) is 10.5 Å². The van der Waals surface area contributed by atoms with E-state index in [2.05, 4.69) is 4.90 Å². The van der Waals surface area contributed by atoms with Crippen molar-refractivity contribution in [2.75, 3.05) is 39.3 Å². The lowest BCUT2D eigenvalue weighted by Gasteiger charge is -2.35. The topological polar surface area (TPSA) is 79.0 Å².